The molecule has 2 aliphatic rings. The summed E-state index contributed by atoms with van der Waals surface area (Å²) < 4.78 is 23.3. The highest BCUT2D eigenvalue weighted by molar-refractivity contribution is 6.33. The highest BCUT2D eigenvalue weighted by Crippen LogP contribution is 2.51. The number of benzene rings is 2. The van der Waals surface area contributed by atoms with Gasteiger partial charge in [0.1, 0.15) is 24.6 Å². The first-order valence-electron chi connectivity index (χ1n) is 11.4. The standard InChI is InChI=1S/C26H30ClNO7/c1-13-9-15-22-17(10-13)34-12-19(26(2,3)4)28(22)25(31)18(11-20(29)30)35-23(15)14-7-8-16(32-5)24(33-6)21(14)27/h7-10,18-19,23H,11-12H2,1-6H3,(H,29,30)/t18-,19+,23-/m1/s1. The van der Waals surface area contributed by atoms with Crippen molar-refractivity contribution in [3.63, 3.8) is 0 Å². The van der Waals surface area contributed by atoms with Gasteiger partial charge in [0, 0.05) is 11.1 Å². The number of rotatable bonds is 5. The van der Waals surface area contributed by atoms with Gasteiger partial charge in [-0.15, -0.1) is 0 Å². The molecule has 0 aliphatic carbocycles. The third-order valence-corrected chi connectivity index (χ3v) is 6.84. The fraction of sp³-hybridized carbons (Fsp3) is 0.462. The zero-order chi connectivity index (χ0) is 25.7. The van der Waals surface area contributed by atoms with Gasteiger partial charge in [0.2, 0.25) is 0 Å². The monoisotopic (exact) mass is 503 g/mol. The van der Waals surface area contributed by atoms with Crippen molar-refractivity contribution >= 4 is 29.2 Å². The summed E-state index contributed by atoms with van der Waals surface area (Å²) in [5, 5.41) is 9.87. The SMILES string of the molecule is COc1ccc([C@H]2O[C@H](CC(=O)O)C(=O)N3c4c(cc(C)cc42)OC[C@H]3C(C)(C)C)c(Cl)c1OC. The lowest BCUT2D eigenvalue weighted by Crippen LogP contribution is -2.56. The van der Waals surface area contributed by atoms with Crippen LogP contribution in [0.25, 0.3) is 0 Å². The van der Waals surface area contributed by atoms with E-state index in [0.717, 1.165) is 5.56 Å². The molecule has 2 heterocycles. The van der Waals surface area contributed by atoms with E-state index in [9.17, 15) is 14.7 Å². The predicted octanol–water partition coefficient (Wildman–Crippen LogP) is 4.77. The van der Waals surface area contributed by atoms with Crippen LogP contribution in [0, 0.1) is 12.3 Å². The number of carbonyl (C=O) groups is 2. The van der Waals surface area contributed by atoms with E-state index in [2.05, 4.69) is 0 Å². The lowest BCUT2D eigenvalue weighted by molar-refractivity contribution is -0.147. The average molecular weight is 504 g/mol. The van der Waals surface area contributed by atoms with E-state index in [0.29, 0.717) is 34.1 Å². The molecule has 0 unspecified atom stereocenters. The van der Waals surface area contributed by atoms with E-state index in [1.165, 1.54) is 14.2 Å². The van der Waals surface area contributed by atoms with Crippen molar-refractivity contribution in [1.82, 2.24) is 0 Å². The molecule has 0 fully saturated rings. The fourth-order valence-corrected chi connectivity index (χ4v) is 5.07. The number of aryl methyl sites for hydroxylation is 1. The van der Waals surface area contributed by atoms with Crippen molar-refractivity contribution in [1.29, 1.82) is 0 Å². The number of methoxy groups -OCH3 is 2. The van der Waals surface area contributed by atoms with Crippen LogP contribution in [-0.2, 0) is 14.3 Å². The Kier molecular flexibility index (Phi) is 6.64. The Morgan fingerprint density at radius 3 is 2.51 bits per heavy atom. The number of hydrogen-bond acceptors (Lipinski definition) is 6. The van der Waals surface area contributed by atoms with Crippen LogP contribution in [0.4, 0.5) is 5.69 Å². The van der Waals surface area contributed by atoms with Crippen LogP contribution >= 0.6 is 11.6 Å². The molecule has 9 heteroatoms. The first-order chi connectivity index (χ1) is 16.5. The van der Waals surface area contributed by atoms with Crippen molar-refractivity contribution in [2.45, 2.75) is 52.4 Å². The van der Waals surface area contributed by atoms with Crippen LogP contribution in [-0.4, -0.2) is 50.0 Å². The van der Waals surface area contributed by atoms with Gasteiger partial charge in [-0.25, -0.2) is 0 Å². The Hall–Kier alpha value is -2.97. The molecule has 1 amide bonds. The summed E-state index contributed by atoms with van der Waals surface area (Å²) in [5.41, 5.74) is 2.34. The van der Waals surface area contributed by atoms with E-state index < -0.39 is 30.5 Å². The van der Waals surface area contributed by atoms with Gasteiger partial charge in [-0.2, -0.15) is 0 Å². The number of amides is 1. The second-order valence-corrected chi connectivity index (χ2v) is 10.3. The van der Waals surface area contributed by atoms with Crippen LogP contribution in [0.2, 0.25) is 5.02 Å². The summed E-state index contributed by atoms with van der Waals surface area (Å²) in [7, 11) is 2.99. The molecule has 0 spiro atoms. The minimum atomic E-state index is -1.23. The van der Waals surface area contributed by atoms with Gasteiger partial charge >= 0.3 is 5.97 Å². The molecule has 2 aromatic carbocycles. The average Bonchev–Trinajstić information content (AvgIpc) is 2.89. The Balaban J connectivity index is 2.01. The summed E-state index contributed by atoms with van der Waals surface area (Å²) >= 11 is 6.77. The van der Waals surface area contributed by atoms with Gasteiger partial charge in [0.25, 0.3) is 5.91 Å². The second kappa shape index (κ2) is 9.24. The van der Waals surface area contributed by atoms with Gasteiger partial charge in [-0.1, -0.05) is 44.5 Å². The number of hydrogen-bond donors (Lipinski definition) is 1. The van der Waals surface area contributed by atoms with Crippen molar-refractivity contribution in [3.05, 3.63) is 46.0 Å². The molecule has 0 aromatic heterocycles. The number of carbonyl (C=O) groups excluding carboxylic acids is 1. The molecular weight excluding hydrogens is 474 g/mol. The molecule has 4 rings (SSSR count). The maximum atomic E-state index is 13.9. The molecule has 188 valence electrons. The molecule has 0 saturated carbocycles. The Labute approximate surface area is 209 Å². The largest absolute Gasteiger partial charge is 0.493 e. The predicted molar refractivity (Wildman–Crippen MR) is 131 cm³/mol. The zero-order valence-corrected chi connectivity index (χ0v) is 21.4. The molecule has 2 aliphatic heterocycles. The van der Waals surface area contributed by atoms with E-state index >= 15 is 0 Å². The minimum absolute atomic E-state index is 0.256. The van der Waals surface area contributed by atoms with Gasteiger partial charge < -0.3 is 24.1 Å². The van der Waals surface area contributed by atoms with Crippen molar-refractivity contribution < 1.29 is 33.6 Å². The third kappa shape index (κ3) is 4.41. The fourth-order valence-electron chi connectivity index (χ4n) is 4.73. The molecule has 0 bridgehead atoms. The number of anilines is 1. The molecule has 2 aromatic rings. The summed E-state index contributed by atoms with van der Waals surface area (Å²) in [5.74, 6) is -0.237. The van der Waals surface area contributed by atoms with Crippen molar-refractivity contribution in [2.75, 3.05) is 25.7 Å². The number of nitrogens with zero attached hydrogens (tertiary/aromatic N) is 1. The highest BCUT2D eigenvalue weighted by atomic mass is 35.5. The summed E-state index contributed by atoms with van der Waals surface area (Å²) in [6.07, 6.45) is -2.57. The van der Waals surface area contributed by atoms with Crippen LogP contribution in [0.1, 0.15) is 50.0 Å². The number of aliphatic carboxylic acids is 1. The van der Waals surface area contributed by atoms with Crippen LogP contribution in [0.3, 0.4) is 0 Å². The van der Waals surface area contributed by atoms with E-state index in [1.807, 2.05) is 39.8 Å². The van der Waals surface area contributed by atoms with E-state index in [-0.39, 0.29) is 23.1 Å². The number of ether oxygens (including phenoxy) is 4. The number of halogens is 1. The molecule has 8 nitrogen and oxygen atoms in total. The van der Waals surface area contributed by atoms with Crippen LogP contribution in [0.15, 0.2) is 24.3 Å². The van der Waals surface area contributed by atoms with Gasteiger partial charge in [0.05, 0.1) is 37.4 Å². The smallest absolute Gasteiger partial charge is 0.306 e. The Morgan fingerprint density at radius 2 is 1.91 bits per heavy atom. The molecule has 1 N–H and O–H groups in total. The Bertz CT molecular complexity index is 1170. The maximum Gasteiger partial charge on any atom is 0.306 e. The second-order valence-electron chi connectivity index (χ2n) is 9.91. The normalized spacial score (nSPS) is 21.6. The molecule has 3 atom stereocenters. The summed E-state index contributed by atoms with van der Waals surface area (Å²) in [6.45, 7) is 8.27. The summed E-state index contributed by atoms with van der Waals surface area (Å²) in [6, 6.07) is 6.92. The van der Waals surface area contributed by atoms with Crippen LogP contribution < -0.4 is 19.1 Å². The van der Waals surface area contributed by atoms with Crippen molar-refractivity contribution in [3.8, 4) is 17.2 Å². The Morgan fingerprint density at radius 1 is 1.20 bits per heavy atom. The maximum absolute atomic E-state index is 13.9. The lowest BCUT2D eigenvalue weighted by atomic mass is 9.84. The molecule has 35 heavy (non-hydrogen) atoms. The quantitative estimate of drug-likeness (QED) is 0.628. The van der Waals surface area contributed by atoms with E-state index in [4.69, 9.17) is 30.5 Å². The van der Waals surface area contributed by atoms with E-state index in [1.54, 1.807) is 17.0 Å². The first-order valence-corrected chi connectivity index (χ1v) is 11.7. The van der Waals surface area contributed by atoms with Crippen LogP contribution in [0.5, 0.6) is 17.2 Å². The number of carboxylic acid groups (broad SMARTS) is 1. The highest BCUT2D eigenvalue weighted by Gasteiger charge is 2.47. The zero-order valence-electron chi connectivity index (χ0n) is 20.7. The number of carboxylic acids is 1. The molecular formula is C26H30ClNO7. The topological polar surface area (TPSA) is 94.5 Å². The minimum Gasteiger partial charge on any atom is -0.493 e. The van der Waals surface area contributed by atoms with Crippen molar-refractivity contribution in [2.24, 2.45) is 5.41 Å². The first kappa shape index (κ1) is 25.1. The third-order valence-electron chi connectivity index (χ3n) is 6.45. The molecule has 0 saturated heterocycles. The van der Waals surface area contributed by atoms with Gasteiger partial charge in [-0.05, 0) is 30.0 Å². The lowest BCUT2D eigenvalue weighted by Gasteiger charge is -2.44. The summed E-state index contributed by atoms with van der Waals surface area (Å²) in [4.78, 5) is 27.3. The van der Waals surface area contributed by atoms with Gasteiger partial charge in [0.15, 0.2) is 11.5 Å². The molecule has 0 radical (unpaired) electrons. The van der Waals surface area contributed by atoms with Gasteiger partial charge in [-0.3, -0.25) is 14.5 Å².